The first-order valence-corrected chi connectivity index (χ1v) is 8.25. The summed E-state index contributed by atoms with van der Waals surface area (Å²) >= 11 is 0. The summed E-state index contributed by atoms with van der Waals surface area (Å²) in [4.78, 5) is 4.45. The van der Waals surface area contributed by atoms with Crippen LogP contribution in [-0.4, -0.2) is 21.2 Å². The fourth-order valence-corrected chi connectivity index (χ4v) is 3.44. The van der Waals surface area contributed by atoms with Crippen LogP contribution in [0.25, 0.3) is 5.52 Å². The average molecular weight is 344 g/mol. The highest BCUT2D eigenvalue weighted by molar-refractivity contribution is 5.68. The van der Waals surface area contributed by atoms with Crippen molar-refractivity contribution in [2.45, 2.75) is 38.8 Å². The number of nitrogens with zero attached hydrogens (tertiary/aromatic N) is 3. The van der Waals surface area contributed by atoms with Crippen molar-refractivity contribution in [3.05, 3.63) is 53.5 Å². The van der Waals surface area contributed by atoms with Crippen LogP contribution in [0, 0.1) is 6.92 Å². The van der Waals surface area contributed by atoms with Gasteiger partial charge in [-0.1, -0.05) is 6.07 Å². The summed E-state index contributed by atoms with van der Waals surface area (Å²) in [6.07, 6.45) is 6.32. The van der Waals surface area contributed by atoms with Gasteiger partial charge in [0.15, 0.2) is 5.82 Å². The molecule has 0 spiro atoms. The first-order chi connectivity index (χ1) is 12.1. The van der Waals surface area contributed by atoms with E-state index in [4.69, 9.17) is 0 Å². The minimum atomic E-state index is -2.80. The highest BCUT2D eigenvalue weighted by atomic mass is 19.3. The van der Waals surface area contributed by atoms with Gasteiger partial charge < -0.3 is 10.1 Å². The van der Waals surface area contributed by atoms with E-state index in [1.807, 2.05) is 25.3 Å². The molecule has 1 atom stereocenters. The third kappa shape index (κ3) is 3.14. The molecular formula is C18H18F2N4O. The summed E-state index contributed by atoms with van der Waals surface area (Å²) in [5, 5.41) is 7.89. The van der Waals surface area contributed by atoms with Gasteiger partial charge in [0.2, 0.25) is 0 Å². The Hall–Kier alpha value is -2.70. The lowest BCUT2D eigenvalue weighted by Gasteiger charge is -2.27. The van der Waals surface area contributed by atoms with Gasteiger partial charge >= 0.3 is 6.61 Å². The number of alkyl halides is 2. The van der Waals surface area contributed by atoms with E-state index in [9.17, 15) is 8.78 Å². The fraction of sp³-hybridized carbons (Fsp3) is 0.333. The van der Waals surface area contributed by atoms with Crippen LogP contribution in [0.3, 0.4) is 0 Å². The Morgan fingerprint density at radius 2 is 2.20 bits per heavy atom. The topological polar surface area (TPSA) is 51.5 Å². The Balaban J connectivity index is 1.64. The van der Waals surface area contributed by atoms with Crippen molar-refractivity contribution in [1.29, 1.82) is 0 Å². The molecule has 5 nitrogen and oxygen atoms in total. The lowest BCUT2D eigenvalue weighted by atomic mass is 9.87. The van der Waals surface area contributed by atoms with Crippen LogP contribution >= 0.6 is 0 Å². The maximum absolute atomic E-state index is 12.4. The van der Waals surface area contributed by atoms with Crippen molar-refractivity contribution in [2.75, 3.05) is 5.32 Å². The summed E-state index contributed by atoms with van der Waals surface area (Å²) in [7, 11) is 0. The van der Waals surface area contributed by atoms with Crippen molar-refractivity contribution >= 4 is 11.3 Å². The van der Waals surface area contributed by atoms with Crippen molar-refractivity contribution < 1.29 is 13.5 Å². The molecule has 4 rings (SSSR count). The fourth-order valence-electron chi connectivity index (χ4n) is 3.44. The van der Waals surface area contributed by atoms with Crippen molar-refractivity contribution in [3.63, 3.8) is 0 Å². The number of anilines is 1. The van der Waals surface area contributed by atoms with Gasteiger partial charge in [-0.05, 0) is 55.5 Å². The molecule has 0 saturated heterocycles. The number of benzene rings is 1. The van der Waals surface area contributed by atoms with E-state index in [-0.39, 0.29) is 11.8 Å². The van der Waals surface area contributed by atoms with Crippen LogP contribution in [0.1, 0.15) is 35.7 Å². The number of halogens is 2. The molecule has 0 fully saturated rings. The van der Waals surface area contributed by atoms with E-state index in [0.717, 1.165) is 47.4 Å². The summed E-state index contributed by atoms with van der Waals surface area (Å²) < 4.78 is 31.1. The summed E-state index contributed by atoms with van der Waals surface area (Å²) in [5.41, 5.74) is 3.99. The van der Waals surface area contributed by atoms with Gasteiger partial charge in [-0.15, -0.1) is 0 Å². The smallest absolute Gasteiger partial charge is 0.387 e. The number of fused-ring (bicyclic) bond motifs is 2. The third-order valence-electron chi connectivity index (χ3n) is 4.48. The first kappa shape index (κ1) is 15.8. The molecule has 0 radical (unpaired) electrons. The van der Waals surface area contributed by atoms with E-state index in [2.05, 4.69) is 20.1 Å². The number of nitrogens with one attached hydrogen (secondary N) is 1. The lowest BCUT2D eigenvalue weighted by molar-refractivity contribution is -0.0499. The Morgan fingerprint density at radius 3 is 3.04 bits per heavy atom. The average Bonchev–Trinajstić information content (AvgIpc) is 2.95. The molecule has 3 aromatic rings. The maximum Gasteiger partial charge on any atom is 0.387 e. The van der Waals surface area contributed by atoms with E-state index < -0.39 is 6.61 Å². The molecular weight excluding hydrogens is 326 g/mol. The largest absolute Gasteiger partial charge is 0.435 e. The Bertz CT molecular complexity index is 909. The van der Waals surface area contributed by atoms with E-state index in [1.54, 1.807) is 22.8 Å². The molecule has 0 bridgehead atoms. The highest BCUT2D eigenvalue weighted by Gasteiger charge is 2.22. The van der Waals surface area contributed by atoms with Gasteiger partial charge in [0.25, 0.3) is 0 Å². The SMILES string of the molecule is Cc1cc2c(NC3CCCc4cc(OC(F)F)ccc43)nccn2n1. The summed E-state index contributed by atoms with van der Waals surface area (Å²) in [6, 6.07) is 7.25. The number of aromatic nitrogens is 3. The van der Waals surface area contributed by atoms with Gasteiger partial charge in [0, 0.05) is 12.4 Å². The van der Waals surface area contributed by atoms with Gasteiger partial charge in [0.1, 0.15) is 11.3 Å². The predicted molar refractivity (Wildman–Crippen MR) is 90.1 cm³/mol. The van der Waals surface area contributed by atoms with Crippen LogP contribution < -0.4 is 10.1 Å². The highest BCUT2D eigenvalue weighted by Crippen LogP contribution is 2.35. The molecule has 0 aliphatic heterocycles. The van der Waals surface area contributed by atoms with E-state index in [1.165, 1.54) is 0 Å². The van der Waals surface area contributed by atoms with E-state index in [0.29, 0.717) is 0 Å². The zero-order chi connectivity index (χ0) is 17.4. The minimum absolute atomic E-state index is 0.0817. The predicted octanol–water partition coefficient (Wildman–Crippen LogP) is 4.13. The number of rotatable bonds is 4. The second kappa shape index (κ2) is 6.31. The van der Waals surface area contributed by atoms with Crippen molar-refractivity contribution in [3.8, 4) is 5.75 Å². The third-order valence-corrected chi connectivity index (χ3v) is 4.48. The van der Waals surface area contributed by atoms with Gasteiger partial charge in [-0.3, -0.25) is 0 Å². The maximum atomic E-state index is 12.4. The Kier molecular flexibility index (Phi) is 3.99. The number of hydrogen-bond acceptors (Lipinski definition) is 4. The zero-order valence-electron chi connectivity index (χ0n) is 13.7. The van der Waals surface area contributed by atoms with Gasteiger partial charge in [-0.2, -0.15) is 13.9 Å². The van der Waals surface area contributed by atoms with Gasteiger partial charge in [0.05, 0.1) is 11.7 Å². The van der Waals surface area contributed by atoms with Crippen LogP contribution in [-0.2, 0) is 6.42 Å². The first-order valence-electron chi connectivity index (χ1n) is 8.25. The number of hydrogen-bond donors (Lipinski definition) is 1. The Labute approximate surface area is 143 Å². The van der Waals surface area contributed by atoms with Crippen LogP contribution in [0.2, 0.25) is 0 Å². The molecule has 130 valence electrons. The molecule has 0 amide bonds. The van der Waals surface area contributed by atoms with Crippen LogP contribution in [0.15, 0.2) is 36.7 Å². The Morgan fingerprint density at radius 1 is 1.32 bits per heavy atom. The molecule has 1 aliphatic rings. The quantitative estimate of drug-likeness (QED) is 0.773. The number of aryl methyl sites for hydroxylation is 2. The minimum Gasteiger partial charge on any atom is -0.435 e. The molecule has 0 saturated carbocycles. The number of ether oxygens (including phenoxy) is 1. The second-order valence-electron chi connectivity index (χ2n) is 6.22. The molecule has 1 aromatic carbocycles. The molecule has 25 heavy (non-hydrogen) atoms. The normalized spacial score (nSPS) is 16.9. The summed E-state index contributed by atoms with van der Waals surface area (Å²) in [5.74, 6) is 0.981. The molecule has 2 aromatic heterocycles. The van der Waals surface area contributed by atoms with Crippen LogP contribution in [0.5, 0.6) is 5.75 Å². The molecule has 1 N–H and O–H groups in total. The molecule has 2 heterocycles. The van der Waals surface area contributed by atoms with E-state index >= 15 is 0 Å². The van der Waals surface area contributed by atoms with Crippen molar-refractivity contribution in [2.24, 2.45) is 0 Å². The molecule has 1 unspecified atom stereocenters. The lowest BCUT2D eigenvalue weighted by Crippen LogP contribution is -2.18. The summed E-state index contributed by atoms with van der Waals surface area (Å²) in [6.45, 7) is -0.862. The monoisotopic (exact) mass is 344 g/mol. The second-order valence-corrected chi connectivity index (χ2v) is 6.22. The zero-order valence-corrected chi connectivity index (χ0v) is 13.7. The molecule has 1 aliphatic carbocycles. The standard InChI is InChI=1S/C18H18F2N4O/c1-11-9-16-17(21-7-8-24(16)23-11)22-15-4-2-3-12-10-13(25-18(19)20)5-6-14(12)15/h5-10,15,18H,2-4H2,1H3,(H,21,22). The van der Waals surface area contributed by atoms with Crippen molar-refractivity contribution in [1.82, 2.24) is 14.6 Å². The van der Waals surface area contributed by atoms with Crippen LogP contribution in [0.4, 0.5) is 14.6 Å². The van der Waals surface area contributed by atoms with Gasteiger partial charge in [-0.25, -0.2) is 9.50 Å². The molecule has 7 heteroatoms.